The number of hydrogen-bond acceptors (Lipinski definition) is 3. The second-order valence-corrected chi connectivity index (χ2v) is 5.15. The number of carbonyl (C=O) groups excluding carboxylic acids is 2. The maximum absolute atomic E-state index is 11.8. The predicted octanol–water partition coefficient (Wildman–Crippen LogP) is 3.24. The molecule has 0 radical (unpaired) electrons. The summed E-state index contributed by atoms with van der Waals surface area (Å²) in [5.41, 5.74) is 0.913. The van der Waals surface area contributed by atoms with Crippen LogP contribution in [0, 0.1) is 11.3 Å². The van der Waals surface area contributed by atoms with E-state index >= 15 is 0 Å². The van der Waals surface area contributed by atoms with Gasteiger partial charge in [0, 0.05) is 0 Å². The van der Waals surface area contributed by atoms with E-state index in [-0.39, 0.29) is 29.7 Å². The number of rotatable bonds is 6. The first-order chi connectivity index (χ1) is 7.95. The highest BCUT2D eigenvalue weighted by molar-refractivity contribution is 5.95. The smallest absolute Gasteiger partial charge is 0.317 e. The van der Waals surface area contributed by atoms with Crippen LogP contribution < -0.4 is 0 Å². The van der Waals surface area contributed by atoms with Crippen LogP contribution in [-0.4, -0.2) is 11.9 Å². The molecule has 1 heterocycles. The van der Waals surface area contributed by atoms with Crippen LogP contribution >= 0.6 is 0 Å². The van der Waals surface area contributed by atoms with E-state index in [4.69, 9.17) is 4.74 Å². The molecule has 3 nitrogen and oxygen atoms in total. The Morgan fingerprint density at radius 1 is 1.47 bits per heavy atom. The van der Waals surface area contributed by atoms with Gasteiger partial charge in [-0.05, 0) is 31.6 Å². The SMILES string of the molecule is C=C(C)CC(CC)(CCC)C1CC(=O)OC1=O. The number of ether oxygens (including phenoxy) is 1. The highest BCUT2D eigenvalue weighted by Gasteiger charge is 2.47. The molecule has 2 atom stereocenters. The van der Waals surface area contributed by atoms with Crippen molar-refractivity contribution >= 4 is 11.9 Å². The topological polar surface area (TPSA) is 43.4 Å². The van der Waals surface area contributed by atoms with E-state index in [0.717, 1.165) is 31.3 Å². The molecular weight excluding hydrogens is 216 g/mol. The molecule has 96 valence electrons. The minimum atomic E-state index is -0.379. The summed E-state index contributed by atoms with van der Waals surface area (Å²) in [6.45, 7) is 10.1. The molecule has 0 N–H and O–H groups in total. The van der Waals surface area contributed by atoms with E-state index < -0.39 is 0 Å². The third-order valence-corrected chi connectivity index (χ3v) is 3.71. The molecule has 2 unspecified atom stereocenters. The Kier molecular flexibility index (Phi) is 4.49. The maximum atomic E-state index is 11.8. The normalized spacial score (nSPS) is 23.4. The summed E-state index contributed by atoms with van der Waals surface area (Å²) in [5.74, 6) is -1.00. The van der Waals surface area contributed by atoms with E-state index in [1.165, 1.54) is 0 Å². The summed E-state index contributed by atoms with van der Waals surface area (Å²) in [6.07, 6.45) is 3.84. The molecule has 1 fully saturated rings. The van der Waals surface area contributed by atoms with Gasteiger partial charge in [-0.25, -0.2) is 0 Å². The fourth-order valence-electron chi connectivity index (χ4n) is 2.97. The van der Waals surface area contributed by atoms with Crippen LogP contribution in [0.1, 0.15) is 52.9 Å². The first-order valence-electron chi connectivity index (χ1n) is 6.34. The van der Waals surface area contributed by atoms with Gasteiger partial charge in [-0.3, -0.25) is 9.59 Å². The van der Waals surface area contributed by atoms with Crippen molar-refractivity contribution in [1.29, 1.82) is 0 Å². The van der Waals surface area contributed by atoms with Crippen LogP contribution in [0.15, 0.2) is 12.2 Å². The molecule has 0 aromatic carbocycles. The van der Waals surface area contributed by atoms with Gasteiger partial charge in [-0.1, -0.05) is 25.8 Å². The van der Waals surface area contributed by atoms with Crippen LogP contribution in [0.4, 0.5) is 0 Å². The van der Waals surface area contributed by atoms with Crippen LogP contribution in [0.5, 0.6) is 0 Å². The second kappa shape index (κ2) is 5.48. The molecule has 0 aromatic heterocycles. The van der Waals surface area contributed by atoms with Gasteiger partial charge >= 0.3 is 11.9 Å². The number of esters is 2. The van der Waals surface area contributed by atoms with Gasteiger partial charge in [0.2, 0.25) is 0 Å². The minimum Gasteiger partial charge on any atom is -0.393 e. The quantitative estimate of drug-likeness (QED) is 0.405. The van der Waals surface area contributed by atoms with Crippen LogP contribution in [-0.2, 0) is 14.3 Å². The lowest BCUT2D eigenvalue weighted by molar-refractivity contribution is -0.154. The maximum Gasteiger partial charge on any atom is 0.317 e. The molecule has 0 aliphatic carbocycles. The van der Waals surface area contributed by atoms with Crippen molar-refractivity contribution < 1.29 is 14.3 Å². The van der Waals surface area contributed by atoms with Gasteiger partial charge in [0.15, 0.2) is 0 Å². The monoisotopic (exact) mass is 238 g/mol. The van der Waals surface area contributed by atoms with Gasteiger partial charge in [-0.15, -0.1) is 6.58 Å². The molecule has 1 aliphatic rings. The van der Waals surface area contributed by atoms with Crippen molar-refractivity contribution in [2.75, 3.05) is 0 Å². The van der Waals surface area contributed by atoms with Gasteiger partial charge < -0.3 is 4.74 Å². The molecule has 0 bridgehead atoms. The Labute approximate surface area is 103 Å². The van der Waals surface area contributed by atoms with Crippen molar-refractivity contribution in [3.63, 3.8) is 0 Å². The van der Waals surface area contributed by atoms with Crippen molar-refractivity contribution in [3.8, 4) is 0 Å². The summed E-state index contributed by atoms with van der Waals surface area (Å²) < 4.78 is 4.70. The Hall–Kier alpha value is -1.12. The van der Waals surface area contributed by atoms with Crippen LogP contribution in [0.2, 0.25) is 0 Å². The zero-order valence-electron chi connectivity index (χ0n) is 11.0. The van der Waals surface area contributed by atoms with Gasteiger partial charge in [-0.2, -0.15) is 0 Å². The molecule has 17 heavy (non-hydrogen) atoms. The van der Waals surface area contributed by atoms with Gasteiger partial charge in [0.1, 0.15) is 0 Å². The van der Waals surface area contributed by atoms with E-state index in [1.54, 1.807) is 0 Å². The Bertz CT molecular complexity index is 332. The van der Waals surface area contributed by atoms with Crippen molar-refractivity contribution in [2.24, 2.45) is 11.3 Å². The average Bonchev–Trinajstić information content (AvgIpc) is 2.57. The molecule has 0 spiro atoms. The average molecular weight is 238 g/mol. The molecule has 0 saturated carbocycles. The van der Waals surface area contributed by atoms with E-state index in [1.807, 2.05) is 6.92 Å². The van der Waals surface area contributed by atoms with Crippen molar-refractivity contribution in [1.82, 2.24) is 0 Å². The highest BCUT2D eigenvalue weighted by Crippen LogP contribution is 2.46. The molecule has 1 saturated heterocycles. The molecule has 0 amide bonds. The van der Waals surface area contributed by atoms with E-state index in [9.17, 15) is 9.59 Å². The predicted molar refractivity (Wildman–Crippen MR) is 66.3 cm³/mol. The van der Waals surface area contributed by atoms with Crippen molar-refractivity contribution in [2.45, 2.75) is 52.9 Å². The third kappa shape index (κ3) is 2.96. The summed E-state index contributed by atoms with van der Waals surface area (Å²) in [7, 11) is 0. The lowest BCUT2D eigenvalue weighted by atomic mass is 9.66. The lowest BCUT2D eigenvalue weighted by Crippen LogP contribution is -2.33. The number of hydrogen-bond donors (Lipinski definition) is 0. The zero-order chi connectivity index (χ0) is 13.1. The third-order valence-electron chi connectivity index (χ3n) is 3.71. The largest absolute Gasteiger partial charge is 0.393 e. The van der Waals surface area contributed by atoms with E-state index in [0.29, 0.717) is 0 Å². The summed E-state index contributed by atoms with van der Waals surface area (Å²) in [5, 5.41) is 0. The Morgan fingerprint density at radius 2 is 2.12 bits per heavy atom. The Morgan fingerprint density at radius 3 is 2.47 bits per heavy atom. The lowest BCUT2D eigenvalue weighted by Gasteiger charge is -2.36. The first-order valence-corrected chi connectivity index (χ1v) is 6.34. The van der Waals surface area contributed by atoms with Crippen LogP contribution in [0.25, 0.3) is 0 Å². The molecule has 1 rings (SSSR count). The number of cyclic esters (lactones) is 2. The minimum absolute atomic E-state index is 0.149. The summed E-state index contributed by atoms with van der Waals surface area (Å²) >= 11 is 0. The zero-order valence-corrected chi connectivity index (χ0v) is 11.0. The fraction of sp³-hybridized carbons (Fsp3) is 0.714. The number of allylic oxidation sites excluding steroid dienone is 1. The number of carbonyl (C=O) groups is 2. The van der Waals surface area contributed by atoms with Gasteiger partial charge in [0.25, 0.3) is 0 Å². The highest BCUT2D eigenvalue weighted by atomic mass is 16.6. The molecular formula is C14H22O3. The standard InChI is InChI=1S/C14H22O3/c1-5-7-14(6-2,9-10(3)4)11-8-12(15)17-13(11)16/h11H,3,5-9H2,1-2,4H3. The summed E-state index contributed by atoms with van der Waals surface area (Å²) in [6, 6.07) is 0. The molecule has 3 heteroatoms. The first kappa shape index (κ1) is 13.9. The van der Waals surface area contributed by atoms with Gasteiger partial charge in [0.05, 0.1) is 12.3 Å². The molecule has 1 aliphatic heterocycles. The van der Waals surface area contributed by atoms with Crippen LogP contribution in [0.3, 0.4) is 0 Å². The molecule has 0 aromatic rings. The Balaban J connectivity index is 2.99. The van der Waals surface area contributed by atoms with Crippen molar-refractivity contribution in [3.05, 3.63) is 12.2 Å². The second-order valence-electron chi connectivity index (χ2n) is 5.15. The summed E-state index contributed by atoms with van der Waals surface area (Å²) in [4.78, 5) is 23.0. The fourth-order valence-corrected chi connectivity index (χ4v) is 2.97. The van der Waals surface area contributed by atoms with E-state index in [2.05, 4.69) is 20.4 Å².